The number of nitrogens with one attached hydrogen (secondary N) is 1. The summed E-state index contributed by atoms with van der Waals surface area (Å²) in [4.78, 5) is 23.2. The van der Waals surface area contributed by atoms with Crippen LogP contribution in [0, 0.1) is 11.6 Å². The van der Waals surface area contributed by atoms with E-state index >= 15 is 0 Å². The van der Waals surface area contributed by atoms with Gasteiger partial charge in [0, 0.05) is 18.3 Å². The van der Waals surface area contributed by atoms with Gasteiger partial charge in [0.1, 0.15) is 18.2 Å². The summed E-state index contributed by atoms with van der Waals surface area (Å²) in [6.07, 6.45) is 1.34. The molecule has 0 saturated carbocycles. The Kier molecular flexibility index (Phi) is 4.99. The van der Waals surface area contributed by atoms with Crippen molar-refractivity contribution in [1.29, 1.82) is 0 Å². The molecule has 0 bridgehead atoms. The van der Waals surface area contributed by atoms with Gasteiger partial charge in [-0.05, 0) is 12.1 Å². The highest BCUT2D eigenvalue weighted by Gasteiger charge is 2.16. The lowest BCUT2D eigenvalue weighted by molar-refractivity contribution is -0.137. The quantitative estimate of drug-likeness (QED) is 0.805. The van der Waals surface area contributed by atoms with E-state index in [2.05, 4.69) is 11.9 Å². The predicted octanol–water partition coefficient (Wildman–Crippen LogP) is 2.07. The number of rotatable bonds is 5. The molecule has 0 aromatic heterocycles. The Balaban J connectivity index is 2.80. The van der Waals surface area contributed by atoms with Crippen LogP contribution in [-0.2, 0) is 4.79 Å². The van der Waals surface area contributed by atoms with Gasteiger partial charge in [-0.15, -0.1) is 6.58 Å². The largest absolute Gasteiger partial charge is 0.480 e. The molecule has 0 aliphatic carbocycles. The second-order valence-corrected chi connectivity index (χ2v) is 3.65. The average Bonchev–Trinajstić information content (AvgIpc) is 2.26. The highest BCUT2D eigenvalue weighted by Crippen LogP contribution is 2.13. The summed E-state index contributed by atoms with van der Waals surface area (Å²) in [5, 5.41) is 10.8. The lowest BCUT2D eigenvalue weighted by atomic mass is 10.3. The van der Waals surface area contributed by atoms with Gasteiger partial charge in [-0.25, -0.2) is 13.6 Å². The van der Waals surface area contributed by atoms with Crippen molar-refractivity contribution in [2.45, 2.75) is 0 Å². The fraction of sp³-hybridized carbons (Fsp3) is 0.167. The molecule has 0 heterocycles. The standard InChI is InChI=1S/C12H12F2N2O3/c1-2-3-16(7-11(17)18)12(19)15-10-5-8(13)4-9(14)6-10/h2,4-6H,1,3,7H2,(H,15,19)(H,17,18). The van der Waals surface area contributed by atoms with Crippen LogP contribution >= 0.6 is 0 Å². The maximum absolute atomic E-state index is 12.9. The summed E-state index contributed by atoms with van der Waals surface area (Å²) in [5.41, 5.74) is -0.0954. The Morgan fingerprint density at radius 2 is 1.89 bits per heavy atom. The molecule has 0 aliphatic rings. The molecule has 102 valence electrons. The van der Waals surface area contributed by atoms with E-state index in [1.54, 1.807) is 0 Å². The molecule has 0 spiro atoms. The van der Waals surface area contributed by atoms with Gasteiger partial charge in [0.15, 0.2) is 0 Å². The van der Waals surface area contributed by atoms with Crippen molar-refractivity contribution in [3.63, 3.8) is 0 Å². The molecule has 19 heavy (non-hydrogen) atoms. The summed E-state index contributed by atoms with van der Waals surface area (Å²) >= 11 is 0. The number of urea groups is 1. The SMILES string of the molecule is C=CCN(CC(=O)O)C(=O)Nc1cc(F)cc(F)c1. The summed E-state index contributed by atoms with van der Waals surface area (Å²) in [6.45, 7) is 2.84. The minimum atomic E-state index is -1.21. The molecule has 0 atom stereocenters. The summed E-state index contributed by atoms with van der Waals surface area (Å²) < 4.78 is 25.8. The first-order chi connectivity index (χ1) is 8.92. The number of aliphatic carboxylic acids is 1. The molecule has 1 aromatic carbocycles. The number of benzene rings is 1. The number of halogens is 2. The van der Waals surface area contributed by atoms with Gasteiger partial charge >= 0.3 is 12.0 Å². The van der Waals surface area contributed by atoms with Gasteiger partial charge in [-0.1, -0.05) is 6.08 Å². The highest BCUT2D eigenvalue weighted by molar-refractivity contribution is 5.91. The van der Waals surface area contributed by atoms with Crippen molar-refractivity contribution in [2.75, 3.05) is 18.4 Å². The third-order valence-electron chi connectivity index (χ3n) is 2.08. The second kappa shape index (κ2) is 6.48. The van der Waals surface area contributed by atoms with Gasteiger partial charge in [-0.3, -0.25) is 4.79 Å². The van der Waals surface area contributed by atoms with Gasteiger partial charge in [0.25, 0.3) is 0 Å². The van der Waals surface area contributed by atoms with Crippen LogP contribution in [0.2, 0.25) is 0 Å². The number of carboxylic acids is 1. The van der Waals surface area contributed by atoms with Gasteiger partial charge in [-0.2, -0.15) is 0 Å². The lowest BCUT2D eigenvalue weighted by Gasteiger charge is -2.19. The number of carboxylic acid groups (broad SMARTS) is 1. The lowest BCUT2D eigenvalue weighted by Crippen LogP contribution is -2.38. The monoisotopic (exact) mass is 270 g/mol. The number of carbonyl (C=O) groups is 2. The molecule has 2 N–H and O–H groups in total. The van der Waals surface area contributed by atoms with E-state index in [1.165, 1.54) is 6.08 Å². The molecule has 5 nitrogen and oxygen atoms in total. The van der Waals surface area contributed by atoms with Crippen LogP contribution in [0.3, 0.4) is 0 Å². The fourth-order valence-corrected chi connectivity index (χ4v) is 1.37. The average molecular weight is 270 g/mol. The molecule has 2 amide bonds. The number of anilines is 1. The van der Waals surface area contributed by atoms with E-state index in [0.717, 1.165) is 17.0 Å². The maximum Gasteiger partial charge on any atom is 0.323 e. The van der Waals surface area contributed by atoms with Crippen LogP contribution in [0.1, 0.15) is 0 Å². The van der Waals surface area contributed by atoms with Crippen LogP contribution in [0.5, 0.6) is 0 Å². The second-order valence-electron chi connectivity index (χ2n) is 3.65. The molecule has 0 saturated heterocycles. The first-order valence-corrected chi connectivity index (χ1v) is 5.27. The third kappa shape index (κ3) is 4.74. The first kappa shape index (κ1) is 14.6. The molecule has 1 aromatic rings. The smallest absolute Gasteiger partial charge is 0.323 e. The molecular weight excluding hydrogens is 258 g/mol. The van der Waals surface area contributed by atoms with Crippen molar-refractivity contribution < 1.29 is 23.5 Å². The summed E-state index contributed by atoms with van der Waals surface area (Å²) in [7, 11) is 0. The Hall–Kier alpha value is -2.44. The van der Waals surface area contributed by atoms with E-state index in [-0.39, 0.29) is 12.2 Å². The van der Waals surface area contributed by atoms with E-state index in [0.29, 0.717) is 6.07 Å². The van der Waals surface area contributed by atoms with Crippen LogP contribution in [0.4, 0.5) is 19.3 Å². The van der Waals surface area contributed by atoms with Gasteiger partial charge in [0.2, 0.25) is 0 Å². The molecule has 0 fully saturated rings. The predicted molar refractivity (Wildman–Crippen MR) is 64.8 cm³/mol. The van der Waals surface area contributed by atoms with Crippen LogP contribution in [0.25, 0.3) is 0 Å². The van der Waals surface area contributed by atoms with Gasteiger partial charge < -0.3 is 15.3 Å². The maximum atomic E-state index is 12.9. The minimum Gasteiger partial charge on any atom is -0.480 e. The number of amides is 2. The van der Waals surface area contributed by atoms with Crippen LogP contribution in [-0.4, -0.2) is 35.1 Å². The molecule has 0 radical (unpaired) electrons. The van der Waals surface area contributed by atoms with E-state index < -0.39 is 30.2 Å². The number of hydrogen-bond acceptors (Lipinski definition) is 2. The molecule has 1 rings (SSSR count). The Labute approximate surface area is 108 Å². The van der Waals surface area contributed by atoms with Crippen molar-refractivity contribution in [3.05, 3.63) is 42.5 Å². The fourth-order valence-electron chi connectivity index (χ4n) is 1.37. The van der Waals surface area contributed by atoms with Crippen molar-refractivity contribution in [3.8, 4) is 0 Å². The van der Waals surface area contributed by atoms with E-state index in [1.807, 2.05) is 0 Å². The normalized spacial score (nSPS) is 9.79. The molecular formula is C12H12F2N2O3. The topological polar surface area (TPSA) is 69.6 Å². The number of nitrogens with zero attached hydrogens (tertiary/aromatic N) is 1. The summed E-state index contributed by atoms with van der Waals surface area (Å²) in [6, 6.07) is 1.73. The minimum absolute atomic E-state index is 0.00404. The summed E-state index contributed by atoms with van der Waals surface area (Å²) in [5.74, 6) is -2.89. The van der Waals surface area contributed by atoms with Crippen molar-refractivity contribution in [2.24, 2.45) is 0 Å². The molecule has 0 aliphatic heterocycles. The van der Waals surface area contributed by atoms with E-state index in [4.69, 9.17) is 5.11 Å². The first-order valence-electron chi connectivity index (χ1n) is 5.27. The zero-order valence-electron chi connectivity index (χ0n) is 9.90. The van der Waals surface area contributed by atoms with Crippen LogP contribution < -0.4 is 5.32 Å². The van der Waals surface area contributed by atoms with Crippen molar-refractivity contribution in [1.82, 2.24) is 4.90 Å². The molecule has 7 heteroatoms. The Morgan fingerprint density at radius 3 is 2.37 bits per heavy atom. The number of carbonyl (C=O) groups excluding carboxylic acids is 1. The number of hydrogen-bond donors (Lipinski definition) is 2. The van der Waals surface area contributed by atoms with Crippen LogP contribution in [0.15, 0.2) is 30.9 Å². The van der Waals surface area contributed by atoms with Crippen molar-refractivity contribution >= 4 is 17.7 Å². The van der Waals surface area contributed by atoms with Gasteiger partial charge in [0.05, 0.1) is 0 Å². The Bertz CT molecular complexity index is 485. The zero-order chi connectivity index (χ0) is 14.4. The molecule has 0 unspecified atom stereocenters. The van der Waals surface area contributed by atoms with E-state index in [9.17, 15) is 18.4 Å². The highest BCUT2D eigenvalue weighted by atomic mass is 19.1. The third-order valence-corrected chi connectivity index (χ3v) is 2.08. The Morgan fingerprint density at radius 1 is 1.32 bits per heavy atom. The zero-order valence-corrected chi connectivity index (χ0v) is 9.90.